The Morgan fingerprint density at radius 1 is 1.50 bits per heavy atom. The van der Waals surface area contributed by atoms with E-state index in [0.29, 0.717) is 0 Å². The van der Waals surface area contributed by atoms with E-state index >= 15 is 0 Å². The van der Waals surface area contributed by atoms with Crippen molar-refractivity contribution in [2.24, 2.45) is 0 Å². The van der Waals surface area contributed by atoms with Crippen molar-refractivity contribution >= 4 is 5.97 Å². The number of aromatic nitrogens is 3. The number of hydrogen-bond donors (Lipinski definition) is 1. The molecule has 0 atom stereocenters. The third kappa shape index (κ3) is 2.38. The Morgan fingerprint density at radius 2 is 2.00 bits per heavy atom. The number of nitrogens with zero attached hydrogens (tertiary/aromatic N) is 3. The zero-order valence-corrected chi connectivity index (χ0v) is 7.35. The molecule has 0 radical (unpaired) electrons. The van der Waals surface area contributed by atoms with E-state index in [1.54, 1.807) is 0 Å². The molecule has 0 aliphatic heterocycles. The van der Waals surface area contributed by atoms with Crippen LogP contribution >= 0.6 is 0 Å². The summed E-state index contributed by atoms with van der Waals surface area (Å²) in [5.74, 6) is -1.04. The minimum Gasteiger partial charge on any atom is -1.00 e. The topological polar surface area (TPSA) is 76.0 Å². The number of rotatable bonds is 1. The Labute approximate surface area is 80.2 Å². The fourth-order valence-electron chi connectivity index (χ4n) is 0.350. The second-order valence-electron chi connectivity index (χ2n) is 1.34. The fourth-order valence-corrected chi connectivity index (χ4v) is 0.350. The first-order valence-corrected chi connectivity index (χ1v) is 2.17. The average Bonchev–Trinajstić information content (AvgIpc) is 1.90. The van der Waals surface area contributed by atoms with Crippen LogP contribution in [0.1, 0.15) is 11.8 Å². The molecular formula is C4H4N3NaO2. The summed E-state index contributed by atoms with van der Waals surface area (Å²) in [6.07, 6.45) is 2.27. The van der Waals surface area contributed by atoms with Crippen LogP contribution in [-0.2, 0) is 0 Å². The molecule has 0 saturated heterocycles. The van der Waals surface area contributed by atoms with Crippen LogP contribution in [0.5, 0.6) is 0 Å². The van der Waals surface area contributed by atoms with E-state index in [-0.39, 0.29) is 36.5 Å². The first kappa shape index (κ1) is 9.48. The maximum atomic E-state index is 10.1. The summed E-state index contributed by atoms with van der Waals surface area (Å²) in [6, 6.07) is 0. The Kier molecular flexibility index (Phi) is 4.10. The van der Waals surface area contributed by atoms with Crippen LogP contribution in [0.4, 0.5) is 0 Å². The van der Waals surface area contributed by atoms with E-state index in [0.717, 1.165) is 12.4 Å². The number of carboxylic acid groups (broad SMARTS) is 1. The van der Waals surface area contributed by atoms with Gasteiger partial charge in [-0.05, 0) is 5.21 Å². The van der Waals surface area contributed by atoms with E-state index < -0.39 is 5.97 Å². The van der Waals surface area contributed by atoms with Gasteiger partial charge in [0.05, 0.1) is 18.0 Å². The fraction of sp³-hybridized carbons (Fsp3) is 0. The molecule has 1 heterocycles. The van der Waals surface area contributed by atoms with Gasteiger partial charge in [0.25, 0.3) is 0 Å². The second-order valence-corrected chi connectivity index (χ2v) is 1.34. The SMILES string of the molecule is O=C(O)c1cnnnc1.[H-].[Na+]. The predicted octanol–water partition coefficient (Wildman–Crippen LogP) is -3.31. The molecule has 0 amide bonds. The number of carboxylic acids is 1. The van der Waals surface area contributed by atoms with Gasteiger partial charge in [-0.15, -0.1) is 10.2 Å². The zero-order valence-electron chi connectivity index (χ0n) is 6.35. The van der Waals surface area contributed by atoms with Crippen LogP contribution in [0.25, 0.3) is 0 Å². The molecule has 0 aliphatic carbocycles. The van der Waals surface area contributed by atoms with Gasteiger partial charge in [-0.25, -0.2) is 4.79 Å². The molecule has 0 aliphatic rings. The molecule has 0 aromatic carbocycles. The molecule has 1 aromatic rings. The van der Waals surface area contributed by atoms with Gasteiger partial charge in [0.2, 0.25) is 0 Å². The summed E-state index contributed by atoms with van der Waals surface area (Å²) in [5.41, 5.74) is 0.0463. The summed E-state index contributed by atoms with van der Waals surface area (Å²) >= 11 is 0. The zero-order chi connectivity index (χ0) is 6.69. The standard InChI is InChI=1S/C4H3N3O2.Na.H/c8-4(9)3-1-5-7-6-2-3;;/h1-2H,(H,8,9);;/q;+1;-1. The molecule has 5 nitrogen and oxygen atoms in total. The molecular weight excluding hydrogens is 145 g/mol. The van der Waals surface area contributed by atoms with Gasteiger partial charge in [-0.3, -0.25) is 0 Å². The normalized spacial score (nSPS) is 8.00. The van der Waals surface area contributed by atoms with Crippen LogP contribution in [0.2, 0.25) is 0 Å². The molecule has 10 heavy (non-hydrogen) atoms. The Morgan fingerprint density at radius 3 is 2.30 bits per heavy atom. The summed E-state index contributed by atoms with van der Waals surface area (Å²) in [7, 11) is 0. The Balaban J connectivity index is 0. The monoisotopic (exact) mass is 149 g/mol. The first-order chi connectivity index (χ1) is 4.30. The second kappa shape index (κ2) is 4.32. The average molecular weight is 149 g/mol. The summed E-state index contributed by atoms with van der Waals surface area (Å²) in [4.78, 5) is 10.1. The minimum absolute atomic E-state index is 0. The molecule has 0 spiro atoms. The predicted molar refractivity (Wildman–Crippen MR) is 27.9 cm³/mol. The van der Waals surface area contributed by atoms with Crippen LogP contribution in [-0.4, -0.2) is 26.5 Å². The molecule has 6 heteroatoms. The van der Waals surface area contributed by atoms with Gasteiger partial charge >= 0.3 is 35.5 Å². The summed E-state index contributed by atoms with van der Waals surface area (Å²) in [6.45, 7) is 0. The van der Waals surface area contributed by atoms with Gasteiger partial charge in [-0.2, -0.15) is 0 Å². The molecule has 0 unspecified atom stereocenters. The largest absolute Gasteiger partial charge is 1.00 e. The molecule has 0 saturated carbocycles. The minimum atomic E-state index is -1.04. The summed E-state index contributed by atoms with van der Waals surface area (Å²) < 4.78 is 0. The van der Waals surface area contributed by atoms with E-state index in [1.165, 1.54) is 0 Å². The molecule has 1 N–H and O–H groups in total. The van der Waals surface area contributed by atoms with Crippen molar-refractivity contribution in [1.29, 1.82) is 0 Å². The van der Waals surface area contributed by atoms with E-state index in [4.69, 9.17) is 5.11 Å². The van der Waals surface area contributed by atoms with E-state index in [2.05, 4.69) is 15.4 Å². The number of aromatic carboxylic acids is 1. The molecule has 1 rings (SSSR count). The summed E-state index contributed by atoms with van der Waals surface area (Å²) in [5, 5.41) is 18.0. The van der Waals surface area contributed by atoms with Crippen molar-refractivity contribution in [3.8, 4) is 0 Å². The number of carbonyl (C=O) groups is 1. The Hall–Kier alpha value is -0.520. The van der Waals surface area contributed by atoms with Crippen molar-refractivity contribution in [1.82, 2.24) is 15.4 Å². The van der Waals surface area contributed by atoms with Gasteiger partial charge in [0.1, 0.15) is 0 Å². The van der Waals surface area contributed by atoms with Crippen LogP contribution < -0.4 is 29.6 Å². The smallest absolute Gasteiger partial charge is 1.00 e. The van der Waals surface area contributed by atoms with E-state index in [1.807, 2.05) is 0 Å². The van der Waals surface area contributed by atoms with Crippen LogP contribution in [0.15, 0.2) is 12.4 Å². The van der Waals surface area contributed by atoms with Crippen LogP contribution in [0.3, 0.4) is 0 Å². The van der Waals surface area contributed by atoms with Gasteiger partial charge in [-0.1, -0.05) is 0 Å². The van der Waals surface area contributed by atoms with Gasteiger partial charge in [0, 0.05) is 0 Å². The van der Waals surface area contributed by atoms with Crippen molar-refractivity contribution in [2.75, 3.05) is 0 Å². The van der Waals surface area contributed by atoms with Crippen molar-refractivity contribution in [2.45, 2.75) is 0 Å². The van der Waals surface area contributed by atoms with Gasteiger partial charge in [0.15, 0.2) is 0 Å². The van der Waals surface area contributed by atoms with E-state index in [9.17, 15) is 4.79 Å². The molecule has 48 valence electrons. The molecule has 0 fully saturated rings. The van der Waals surface area contributed by atoms with Crippen molar-refractivity contribution < 1.29 is 40.9 Å². The maximum absolute atomic E-state index is 10.1. The Bertz CT molecular complexity index is 220. The molecule has 1 aromatic heterocycles. The number of hydrogen-bond acceptors (Lipinski definition) is 4. The third-order valence-electron chi connectivity index (χ3n) is 0.744. The van der Waals surface area contributed by atoms with Gasteiger partial charge < -0.3 is 6.53 Å². The molecule has 0 bridgehead atoms. The third-order valence-corrected chi connectivity index (χ3v) is 0.744. The van der Waals surface area contributed by atoms with Crippen molar-refractivity contribution in [3.63, 3.8) is 0 Å². The quantitative estimate of drug-likeness (QED) is 0.423. The first-order valence-electron chi connectivity index (χ1n) is 2.17. The van der Waals surface area contributed by atoms with Crippen LogP contribution in [0, 0.1) is 0 Å². The van der Waals surface area contributed by atoms with Crippen molar-refractivity contribution in [3.05, 3.63) is 18.0 Å². The maximum Gasteiger partial charge on any atom is 1.00 e.